The Morgan fingerprint density at radius 1 is 1.06 bits per heavy atom. The van der Waals surface area contributed by atoms with Gasteiger partial charge in [-0.3, -0.25) is 9.79 Å². The van der Waals surface area contributed by atoms with Crippen molar-refractivity contribution in [1.82, 2.24) is 25.3 Å². The van der Waals surface area contributed by atoms with Crippen LogP contribution in [0, 0.1) is 5.92 Å². The number of hydrogen-bond donors (Lipinski definition) is 2. The van der Waals surface area contributed by atoms with Gasteiger partial charge in [0.05, 0.1) is 11.9 Å². The molecule has 1 unspecified atom stereocenters. The Labute approximate surface area is 212 Å². The van der Waals surface area contributed by atoms with E-state index in [1.165, 1.54) is 5.56 Å². The molecule has 1 amide bonds. The molecule has 4 rings (SSSR count). The number of nitrogens with one attached hydrogen (secondary N) is 2. The lowest BCUT2D eigenvalue weighted by Gasteiger charge is -2.18. The summed E-state index contributed by atoms with van der Waals surface area (Å²) in [4.78, 5) is 18.7. The first-order chi connectivity index (χ1) is 15.7. The van der Waals surface area contributed by atoms with E-state index in [0.29, 0.717) is 13.0 Å². The van der Waals surface area contributed by atoms with Crippen molar-refractivity contribution >= 4 is 35.8 Å². The summed E-state index contributed by atoms with van der Waals surface area (Å²) in [5, 5.41) is 11.1. The van der Waals surface area contributed by atoms with Gasteiger partial charge in [-0.25, -0.2) is 4.68 Å². The predicted octanol–water partition coefficient (Wildman–Crippen LogP) is 3.25. The molecule has 0 bridgehead atoms. The highest BCUT2D eigenvalue weighted by Crippen LogP contribution is 2.17. The fraction of sp³-hybridized carbons (Fsp3) is 0.320. The van der Waals surface area contributed by atoms with Gasteiger partial charge in [0.1, 0.15) is 0 Å². The molecular weight excluding hydrogens is 527 g/mol. The van der Waals surface area contributed by atoms with Gasteiger partial charge >= 0.3 is 0 Å². The van der Waals surface area contributed by atoms with Crippen LogP contribution in [0.4, 0.5) is 0 Å². The van der Waals surface area contributed by atoms with Crippen molar-refractivity contribution in [3.63, 3.8) is 0 Å². The summed E-state index contributed by atoms with van der Waals surface area (Å²) in [5.41, 5.74) is 3.37. The third-order valence-electron chi connectivity index (χ3n) is 5.71. The average molecular weight is 558 g/mol. The minimum absolute atomic E-state index is 0. The standard InChI is InChI=1S/C25H30N6O.HI/c1-26-25(28-16-22-17-29-31(19-22)23-10-6-3-7-11-23)27-15-21-14-24(32)30(18-21)13-12-20-8-4-2-5-9-20;/h2-11,17,19,21H,12-16,18H2,1H3,(H2,26,27,28);1H. The molecule has 0 aliphatic carbocycles. The van der Waals surface area contributed by atoms with Crippen LogP contribution < -0.4 is 10.6 Å². The van der Waals surface area contributed by atoms with E-state index in [2.05, 4.69) is 32.9 Å². The Kier molecular flexibility index (Phi) is 9.29. The molecule has 1 saturated heterocycles. The topological polar surface area (TPSA) is 74.5 Å². The van der Waals surface area contributed by atoms with E-state index < -0.39 is 0 Å². The molecule has 0 radical (unpaired) electrons. The van der Waals surface area contributed by atoms with Crippen molar-refractivity contribution in [2.45, 2.75) is 19.4 Å². The van der Waals surface area contributed by atoms with Crippen LogP contribution in [0.2, 0.25) is 0 Å². The molecule has 3 aromatic rings. The van der Waals surface area contributed by atoms with Gasteiger partial charge in [-0.15, -0.1) is 24.0 Å². The minimum Gasteiger partial charge on any atom is -0.356 e. The van der Waals surface area contributed by atoms with Crippen LogP contribution in [0.15, 0.2) is 78.0 Å². The van der Waals surface area contributed by atoms with Gasteiger partial charge < -0.3 is 15.5 Å². The van der Waals surface area contributed by atoms with Crippen LogP contribution in [0.5, 0.6) is 0 Å². The van der Waals surface area contributed by atoms with Gasteiger partial charge in [0.25, 0.3) is 0 Å². The average Bonchev–Trinajstić information content (AvgIpc) is 3.45. The summed E-state index contributed by atoms with van der Waals surface area (Å²) in [5.74, 6) is 1.26. The predicted molar refractivity (Wildman–Crippen MR) is 142 cm³/mol. The van der Waals surface area contributed by atoms with E-state index in [0.717, 1.165) is 43.3 Å². The number of rotatable bonds is 8. The molecule has 33 heavy (non-hydrogen) atoms. The number of para-hydroxylation sites is 1. The van der Waals surface area contributed by atoms with Gasteiger partial charge in [-0.2, -0.15) is 5.10 Å². The third-order valence-corrected chi connectivity index (χ3v) is 5.71. The Bertz CT molecular complexity index is 1040. The molecule has 174 valence electrons. The lowest BCUT2D eigenvalue weighted by atomic mass is 10.1. The molecule has 7 nitrogen and oxygen atoms in total. The van der Waals surface area contributed by atoms with Gasteiger partial charge in [-0.05, 0) is 24.1 Å². The van der Waals surface area contributed by atoms with Gasteiger partial charge in [0, 0.05) is 57.3 Å². The molecule has 1 atom stereocenters. The molecule has 1 aliphatic rings. The molecule has 0 saturated carbocycles. The number of likely N-dealkylation sites (tertiary alicyclic amines) is 1. The third kappa shape index (κ3) is 7.05. The van der Waals surface area contributed by atoms with Gasteiger partial charge in [-0.1, -0.05) is 48.5 Å². The van der Waals surface area contributed by atoms with Crippen molar-refractivity contribution in [1.29, 1.82) is 0 Å². The summed E-state index contributed by atoms with van der Waals surface area (Å²) in [7, 11) is 1.76. The van der Waals surface area contributed by atoms with Gasteiger partial charge in [0.2, 0.25) is 5.91 Å². The van der Waals surface area contributed by atoms with E-state index in [1.54, 1.807) is 7.05 Å². The summed E-state index contributed by atoms with van der Waals surface area (Å²) in [6.45, 7) is 2.91. The van der Waals surface area contributed by atoms with Crippen molar-refractivity contribution in [2.75, 3.05) is 26.7 Å². The van der Waals surface area contributed by atoms with Crippen LogP contribution in [0.1, 0.15) is 17.5 Å². The lowest BCUT2D eigenvalue weighted by Crippen LogP contribution is -2.40. The second kappa shape index (κ2) is 12.4. The fourth-order valence-corrected chi connectivity index (χ4v) is 3.94. The van der Waals surface area contributed by atoms with E-state index in [-0.39, 0.29) is 35.8 Å². The molecular formula is C25H31IN6O. The number of halogens is 1. The normalized spacial score (nSPS) is 15.9. The van der Waals surface area contributed by atoms with Crippen molar-refractivity contribution < 1.29 is 4.79 Å². The van der Waals surface area contributed by atoms with Crippen LogP contribution in [-0.4, -0.2) is 53.2 Å². The van der Waals surface area contributed by atoms with E-state index >= 15 is 0 Å². The summed E-state index contributed by atoms with van der Waals surface area (Å²) in [6.07, 6.45) is 5.35. The number of benzene rings is 2. The number of amides is 1. The Morgan fingerprint density at radius 3 is 2.52 bits per heavy atom. The highest BCUT2D eigenvalue weighted by Gasteiger charge is 2.29. The molecule has 2 aromatic carbocycles. The zero-order chi connectivity index (χ0) is 22.2. The number of guanidine groups is 1. The number of aliphatic imine (C=N–C) groups is 1. The lowest BCUT2D eigenvalue weighted by molar-refractivity contribution is -0.127. The monoisotopic (exact) mass is 558 g/mol. The van der Waals surface area contributed by atoms with Crippen LogP contribution in [-0.2, 0) is 17.8 Å². The second-order valence-electron chi connectivity index (χ2n) is 8.08. The largest absolute Gasteiger partial charge is 0.356 e. The molecule has 1 aliphatic heterocycles. The first-order valence-corrected chi connectivity index (χ1v) is 11.1. The Hall–Kier alpha value is -2.88. The van der Waals surface area contributed by atoms with Gasteiger partial charge in [0.15, 0.2) is 5.96 Å². The summed E-state index contributed by atoms with van der Waals surface area (Å²) < 4.78 is 1.86. The van der Waals surface area contributed by atoms with Crippen molar-refractivity contribution in [2.24, 2.45) is 10.9 Å². The highest BCUT2D eigenvalue weighted by atomic mass is 127. The number of aromatic nitrogens is 2. The fourth-order valence-electron chi connectivity index (χ4n) is 3.94. The van der Waals surface area contributed by atoms with E-state index in [1.807, 2.05) is 70.5 Å². The zero-order valence-corrected chi connectivity index (χ0v) is 21.2. The van der Waals surface area contributed by atoms with Crippen LogP contribution in [0.3, 0.4) is 0 Å². The number of hydrogen-bond acceptors (Lipinski definition) is 3. The maximum absolute atomic E-state index is 12.4. The SMILES string of the molecule is CN=C(NCc1cnn(-c2ccccc2)c1)NCC1CC(=O)N(CCc2ccccc2)C1.I. The highest BCUT2D eigenvalue weighted by molar-refractivity contribution is 14.0. The van der Waals surface area contributed by atoms with E-state index in [9.17, 15) is 4.79 Å². The quantitative estimate of drug-likeness (QED) is 0.253. The first-order valence-electron chi connectivity index (χ1n) is 11.1. The maximum atomic E-state index is 12.4. The number of carbonyl (C=O) groups excluding carboxylic acids is 1. The molecule has 2 heterocycles. The summed E-state index contributed by atoms with van der Waals surface area (Å²) in [6, 6.07) is 20.4. The molecule has 0 spiro atoms. The summed E-state index contributed by atoms with van der Waals surface area (Å²) >= 11 is 0. The Morgan fingerprint density at radius 2 is 1.79 bits per heavy atom. The van der Waals surface area contributed by atoms with Crippen LogP contribution in [0.25, 0.3) is 5.69 Å². The zero-order valence-electron chi connectivity index (χ0n) is 18.9. The minimum atomic E-state index is 0. The maximum Gasteiger partial charge on any atom is 0.223 e. The Balaban J connectivity index is 0.00000306. The molecule has 2 N–H and O–H groups in total. The van der Waals surface area contributed by atoms with E-state index in [4.69, 9.17) is 0 Å². The molecule has 8 heteroatoms. The first kappa shape index (κ1) is 24.8. The second-order valence-corrected chi connectivity index (χ2v) is 8.08. The molecule has 1 fully saturated rings. The van der Waals surface area contributed by atoms with Crippen molar-refractivity contribution in [3.8, 4) is 5.69 Å². The van der Waals surface area contributed by atoms with Crippen LogP contribution >= 0.6 is 24.0 Å². The van der Waals surface area contributed by atoms with Crippen molar-refractivity contribution in [3.05, 3.63) is 84.2 Å². The smallest absolute Gasteiger partial charge is 0.223 e. The number of carbonyl (C=O) groups is 1. The molecule has 1 aromatic heterocycles. The number of nitrogens with zero attached hydrogens (tertiary/aromatic N) is 4.